The number of likely N-dealkylation sites (tertiary alicyclic amines) is 1. The van der Waals surface area contributed by atoms with E-state index in [0.717, 1.165) is 51.7 Å². The molecule has 0 saturated carbocycles. The highest BCUT2D eigenvalue weighted by molar-refractivity contribution is 5.82. The molecular formula is C29H43N3O. The Morgan fingerprint density at radius 2 is 1.61 bits per heavy atom. The zero-order valence-electron chi connectivity index (χ0n) is 21.0. The van der Waals surface area contributed by atoms with Crippen molar-refractivity contribution in [2.75, 3.05) is 24.5 Å². The predicted octanol–water partition coefficient (Wildman–Crippen LogP) is 5.30. The largest absolute Gasteiger partial charge is 0.367 e. The molecule has 0 bridgehead atoms. The second kappa shape index (κ2) is 12.2. The lowest BCUT2D eigenvalue weighted by Gasteiger charge is -2.32. The van der Waals surface area contributed by atoms with Crippen molar-refractivity contribution in [3.63, 3.8) is 0 Å². The van der Waals surface area contributed by atoms with Crippen LogP contribution in [0, 0.1) is 11.8 Å². The highest BCUT2D eigenvalue weighted by atomic mass is 16.2. The number of nitrogens with two attached hydrogens (primary N) is 1. The standard InChI is InChI=1S/C29H43N3O/c1-22(2)16-19-32(27-17-18-31(21-27)29(33)28(30)20-23(3)4)26-14-12-25(13-15-26)11-10-24-8-6-5-7-9-24/h5-9,12-15,22-23,27-28H,10-11,16-21,30H2,1-4H3/t27?,28-/m0/s1. The zero-order chi connectivity index (χ0) is 23.8. The molecule has 1 saturated heterocycles. The van der Waals surface area contributed by atoms with Gasteiger partial charge in [-0.15, -0.1) is 0 Å². The summed E-state index contributed by atoms with van der Waals surface area (Å²) in [7, 11) is 0. The van der Waals surface area contributed by atoms with E-state index in [0.29, 0.717) is 17.9 Å². The Labute approximate surface area is 201 Å². The quantitative estimate of drug-likeness (QED) is 0.506. The zero-order valence-corrected chi connectivity index (χ0v) is 21.0. The van der Waals surface area contributed by atoms with Crippen LogP contribution in [0.25, 0.3) is 0 Å². The van der Waals surface area contributed by atoms with Gasteiger partial charge < -0.3 is 15.5 Å². The van der Waals surface area contributed by atoms with Crippen LogP contribution < -0.4 is 10.6 Å². The molecule has 180 valence electrons. The van der Waals surface area contributed by atoms with Gasteiger partial charge in [-0.2, -0.15) is 0 Å². The fraction of sp³-hybridized carbons (Fsp3) is 0.552. The summed E-state index contributed by atoms with van der Waals surface area (Å²) in [6.45, 7) is 11.4. The van der Waals surface area contributed by atoms with E-state index in [2.05, 4.69) is 87.2 Å². The van der Waals surface area contributed by atoms with E-state index in [-0.39, 0.29) is 11.9 Å². The minimum absolute atomic E-state index is 0.117. The molecule has 1 aliphatic heterocycles. The van der Waals surface area contributed by atoms with Crippen molar-refractivity contribution in [1.29, 1.82) is 0 Å². The first kappa shape index (κ1) is 25.3. The molecule has 4 heteroatoms. The lowest BCUT2D eigenvalue weighted by atomic mass is 10.0. The van der Waals surface area contributed by atoms with Gasteiger partial charge in [0.05, 0.1) is 6.04 Å². The summed E-state index contributed by atoms with van der Waals surface area (Å²) in [5.41, 5.74) is 10.2. The molecule has 0 radical (unpaired) electrons. The first-order valence-electron chi connectivity index (χ1n) is 12.8. The van der Waals surface area contributed by atoms with Crippen LogP contribution in [0.15, 0.2) is 54.6 Å². The Morgan fingerprint density at radius 1 is 0.970 bits per heavy atom. The number of nitrogens with zero attached hydrogens (tertiary/aromatic N) is 2. The second-order valence-corrected chi connectivity index (χ2v) is 10.5. The number of carbonyl (C=O) groups is 1. The van der Waals surface area contributed by atoms with Gasteiger partial charge in [-0.25, -0.2) is 0 Å². The Balaban J connectivity index is 1.65. The molecule has 2 aromatic rings. The van der Waals surface area contributed by atoms with Gasteiger partial charge in [0.25, 0.3) is 0 Å². The van der Waals surface area contributed by atoms with Gasteiger partial charge in [0.1, 0.15) is 0 Å². The normalized spacial score (nSPS) is 17.1. The van der Waals surface area contributed by atoms with Crippen LogP contribution in [0.1, 0.15) is 58.1 Å². The molecule has 2 aromatic carbocycles. The minimum atomic E-state index is -0.378. The average molecular weight is 450 g/mol. The van der Waals surface area contributed by atoms with Crippen molar-refractivity contribution in [1.82, 2.24) is 4.90 Å². The van der Waals surface area contributed by atoms with Gasteiger partial charge in [-0.05, 0) is 67.2 Å². The number of anilines is 1. The van der Waals surface area contributed by atoms with Crippen LogP contribution in [-0.4, -0.2) is 42.5 Å². The van der Waals surface area contributed by atoms with E-state index in [1.807, 2.05) is 4.90 Å². The monoisotopic (exact) mass is 449 g/mol. The molecule has 3 rings (SSSR count). The lowest BCUT2D eigenvalue weighted by molar-refractivity contribution is -0.131. The molecule has 0 aliphatic carbocycles. The number of carbonyl (C=O) groups excluding carboxylic acids is 1. The van der Waals surface area contributed by atoms with Crippen LogP contribution in [0.2, 0.25) is 0 Å². The van der Waals surface area contributed by atoms with Crippen LogP contribution in [0.3, 0.4) is 0 Å². The van der Waals surface area contributed by atoms with E-state index < -0.39 is 0 Å². The highest BCUT2D eigenvalue weighted by Gasteiger charge is 2.32. The summed E-state index contributed by atoms with van der Waals surface area (Å²) in [4.78, 5) is 17.4. The topological polar surface area (TPSA) is 49.6 Å². The smallest absolute Gasteiger partial charge is 0.239 e. The Kier molecular flexibility index (Phi) is 9.37. The van der Waals surface area contributed by atoms with Gasteiger partial charge in [0.15, 0.2) is 0 Å². The fourth-order valence-electron chi connectivity index (χ4n) is 4.75. The van der Waals surface area contributed by atoms with Gasteiger partial charge in [0, 0.05) is 31.4 Å². The minimum Gasteiger partial charge on any atom is -0.367 e. The van der Waals surface area contributed by atoms with E-state index in [1.165, 1.54) is 16.8 Å². The maximum absolute atomic E-state index is 12.9. The van der Waals surface area contributed by atoms with Crippen molar-refractivity contribution in [2.24, 2.45) is 17.6 Å². The number of hydrogen-bond acceptors (Lipinski definition) is 3. The van der Waals surface area contributed by atoms with Crippen LogP contribution in [0.4, 0.5) is 5.69 Å². The van der Waals surface area contributed by atoms with Gasteiger partial charge in [0.2, 0.25) is 5.91 Å². The molecule has 0 aromatic heterocycles. The van der Waals surface area contributed by atoms with E-state index in [4.69, 9.17) is 5.73 Å². The van der Waals surface area contributed by atoms with Gasteiger partial charge >= 0.3 is 0 Å². The summed E-state index contributed by atoms with van der Waals surface area (Å²) in [6.07, 6.45) is 5.02. The third kappa shape index (κ3) is 7.60. The van der Waals surface area contributed by atoms with E-state index in [1.54, 1.807) is 0 Å². The first-order valence-corrected chi connectivity index (χ1v) is 12.8. The molecule has 4 nitrogen and oxygen atoms in total. The van der Waals surface area contributed by atoms with Gasteiger partial charge in [-0.3, -0.25) is 4.79 Å². The summed E-state index contributed by atoms with van der Waals surface area (Å²) >= 11 is 0. The molecule has 1 unspecified atom stereocenters. The summed E-state index contributed by atoms with van der Waals surface area (Å²) < 4.78 is 0. The molecule has 33 heavy (non-hydrogen) atoms. The molecule has 1 amide bonds. The number of amides is 1. The van der Waals surface area contributed by atoms with Gasteiger partial charge in [-0.1, -0.05) is 70.2 Å². The summed E-state index contributed by atoms with van der Waals surface area (Å²) in [5.74, 6) is 1.20. The number of hydrogen-bond donors (Lipinski definition) is 1. The molecule has 2 N–H and O–H groups in total. The molecule has 0 spiro atoms. The lowest BCUT2D eigenvalue weighted by Crippen LogP contribution is -2.45. The van der Waals surface area contributed by atoms with Crippen molar-refractivity contribution in [3.8, 4) is 0 Å². The number of benzene rings is 2. The van der Waals surface area contributed by atoms with E-state index in [9.17, 15) is 4.79 Å². The highest BCUT2D eigenvalue weighted by Crippen LogP contribution is 2.26. The van der Waals surface area contributed by atoms with Crippen molar-refractivity contribution >= 4 is 11.6 Å². The van der Waals surface area contributed by atoms with Crippen molar-refractivity contribution in [3.05, 3.63) is 65.7 Å². The molecule has 1 aliphatic rings. The molecule has 1 fully saturated rings. The molecule has 1 heterocycles. The van der Waals surface area contributed by atoms with E-state index >= 15 is 0 Å². The van der Waals surface area contributed by atoms with Crippen molar-refractivity contribution in [2.45, 2.75) is 71.9 Å². The Bertz CT molecular complexity index is 847. The predicted molar refractivity (Wildman–Crippen MR) is 140 cm³/mol. The SMILES string of the molecule is CC(C)CCN(c1ccc(CCc2ccccc2)cc1)C1CCN(C(=O)[C@@H](N)CC(C)C)C1. The second-order valence-electron chi connectivity index (χ2n) is 10.5. The maximum atomic E-state index is 12.9. The Hall–Kier alpha value is -2.33. The van der Waals surface area contributed by atoms with Crippen LogP contribution >= 0.6 is 0 Å². The van der Waals surface area contributed by atoms with Crippen molar-refractivity contribution < 1.29 is 4.79 Å². The summed E-state index contributed by atoms with van der Waals surface area (Å²) in [5, 5.41) is 0. The maximum Gasteiger partial charge on any atom is 0.239 e. The number of rotatable bonds is 11. The average Bonchev–Trinajstić information content (AvgIpc) is 3.28. The first-order chi connectivity index (χ1) is 15.8. The third-order valence-corrected chi connectivity index (χ3v) is 6.72. The Morgan fingerprint density at radius 3 is 2.21 bits per heavy atom. The number of aryl methyl sites for hydroxylation is 2. The molecular weight excluding hydrogens is 406 g/mol. The summed E-state index contributed by atoms with van der Waals surface area (Å²) in [6, 6.07) is 19.8. The van der Waals surface area contributed by atoms with Crippen LogP contribution in [0.5, 0.6) is 0 Å². The fourth-order valence-corrected chi connectivity index (χ4v) is 4.75. The van der Waals surface area contributed by atoms with Crippen LogP contribution in [-0.2, 0) is 17.6 Å². The molecule has 2 atom stereocenters. The third-order valence-electron chi connectivity index (χ3n) is 6.72.